The van der Waals surface area contributed by atoms with Crippen molar-refractivity contribution < 1.29 is 4.79 Å². The highest BCUT2D eigenvalue weighted by Crippen LogP contribution is 2.18. The predicted octanol–water partition coefficient (Wildman–Crippen LogP) is 2.50. The summed E-state index contributed by atoms with van der Waals surface area (Å²) in [6.45, 7) is 2.65. The number of likely N-dealkylation sites (tertiary alicyclic amines) is 1. The molecule has 3 nitrogen and oxygen atoms in total. The highest BCUT2D eigenvalue weighted by Gasteiger charge is 2.26. The van der Waals surface area contributed by atoms with Crippen LogP contribution in [0.15, 0.2) is 24.3 Å². The van der Waals surface area contributed by atoms with Crippen LogP contribution in [-0.4, -0.2) is 55.4 Å². The number of carbonyl (C=O) groups excluding carboxylic acids is 1. The first-order valence-electron chi connectivity index (χ1n) is 6.74. The highest BCUT2D eigenvalue weighted by molar-refractivity contribution is 14.1. The molecule has 0 spiro atoms. The average molecular weight is 372 g/mol. The molecule has 2 rings (SSSR count). The van der Waals surface area contributed by atoms with Gasteiger partial charge in [0.25, 0.3) is 0 Å². The van der Waals surface area contributed by atoms with Crippen LogP contribution in [0.2, 0.25) is 0 Å². The van der Waals surface area contributed by atoms with Crippen LogP contribution >= 0.6 is 22.6 Å². The molecule has 0 N–H and O–H groups in total. The van der Waals surface area contributed by atoms with Crippen molar-refractivity contribution in [2.24, 2.45) is 0 Å². The zero-order valence-electron chi connectivity index (χ0n) is 11.6. The van der Waals surface area contributed by atoms with Gasteiger partial charge >= 0.3 is 0 Å². The number of likely N-dealkylation sites (N-methyl/N-ethyl adjacent to an activating group) is 1. The molecule has 0 amide bonds. The van der Waals surface area contributed by atoms with Gasteiger partial charge in [-0.05, 0) is 68.2 Å². The Labute approximate surface area is 129 Å². The summed E-state index contributed by atoms with van der Waals surface area (Å²) in [7, 11) is 4.19. The Kier molecular flexibility index (Phi) is 5.36. The third-order valence-corrected chi connectivity index (χ3v) is 4.31. The van der Waals surface area contributed by atoms with Gasteiger partial charge in [-0.25, -0.2) is 0 Å². The SMILES string of the molecule is CN(C)CC1CCCN1CC(=O)c1ccc(I)cc1. The number of benzene rings is 1. The smallest absolute Gasteiger partial charge is 0.176 e. The number of hydrogen-bond acceptors (Lipinski definition) is 3. The predicted molar refractivity (Wildman–Crippen MR) is 86.6 cm³/mol. The maximum absolute atomic E-state index is 12.3. The number of rotatable bonds is 5. The Morgan fingerprint density at radius 2 is 2.05 bits per heavy atom. The minimum absolute atomic E-state index is 0.238. The quantitative estimate of drug-likeness (QED) is 0.586. The van der Waals surface area contributed by atoms with Gasteiger partial charge in [0, 0.05) is 21.7 Å². The second-order valence-corrected chi connectivity index (χ2v) is 6.70. The van der Waals surface area contributed by atoms with Gasteiger partial charge in [0.05, 0.1) is 6.54 Å². The topological polar surface area (TPSA) is 23.6 Å². The minimum atomic E-state index is 0.238. The molecular formula is C15H21IN2O. The van der Waals surface area contributed by atoms with E-state index in [1.165, 1.54) is 16.4 Å². The number of nitrogens with zero attached hydrogens (tertiary/aromatic N) is 2. The van der Waals surface area contributed by atoms with E-state index in [1.54, 1.807) is 0 Å². The molecule has 1 saturated heterocycles. The minimum Gasteiger partial charge on any atom is -0.308 e. The summed E-state index contributed by atoms with van der Waals surface area (Å²) in [6, 6.07) is 8.38. The number of carbonyl (C=O) groups is 1. The van der Waals surface area contributed by atoms with Crippen LogP contribution in [0.1, 0.15) is 23.2 Å². The third-order valence-electron chi connectivity index (χ3n) is 3.59. The van der Waals surface area contributed by atoms with E-state index in [9.17, 15) is 4.79 Å². The zero-order valence-corrected chi connectivity index (χ0v) is 13.8. The lowest BCUT2D eigenvalue weighted by molar-refractivity contribution is 0.0910. The standard InChI is InChI=1S/C15H21IN2O/c1-17(2)10-14-4-3-9-18(14)11-15(19)12-5-7-13(16)8-6-12/h5-8,14H,3-4,9-11H2,1-2H3. The van der Waals surface area contributed by atoms with Gasteiger partial charge in [0.15, 0.2) is 5.78 Å². The van der Waals surface area contributed by atoms with Crippen molar-refractivity contribution in [2.45, 2.75) is 18.9 Å². The third kappa shape index (κ3) is 4.26. The molecule has 1 aromatic rings. The Morgan fingerprint density at radius 3 is 2.68 bits per heavy atom. The molecule has 1 unspecified atom stereocenters. The number of hydrogen-bond donors (Lipinski definition) is 0. The molecular weight excluding hydrogens is 351 g/mol. The van der Waals surface area contributed by atoms with Gasteiger partial charge in [0.1, 0.15) is 0 Å². The molecule has 1 aromatic carbocycles. The van der Waals surface area contributed by atoms with E-state index < -0.39 is 0 Å². The number of Topliss-reactive ketones (excluding diaryl/α,β-unsaturated/α-hetero) is 1. The van der Waals surface area contributed by atoms with Crippen LogP contribution in [0.5, 0.6) is 0 Å². The summed E-state index contributed by atoms with van der Waals surface area (Å²) in [5, 5.41) is 0. The Hall–Kier alpha value is -0.460. The Balaban J connectivity index is 1.96. The lowest BCUT2D eigenvalue weighted by atomic mass is 10.1. The highest BCUT2D eigenvalue weighted by atomic mass is 127. The molecule has 0 aliphatic carbocycles. The molecule has 0 saturated carbocycles. The second-order valence-electron chi connectivity index (χ2n) is 5.46. The van der Waals surface area contributed by atoms with E-state index in [-0.39, 0.29) is 5.78 Å². The Bertz CT molecular complexity index is 430. The van der Waals surface area contributed by atoms with Crippen molar-refractivity contribution in [2.75, 3.05) is 33.7 Å². The monoisotopic (exact) mass is 372 g/mol. The molecule has 4 heteroatoms. The fourth-order valence-corrected chi connectivity index (χ4v) is 3.00. The maximum Gasteiger partial charge on any atom is 0.176 e. The Morgan fingerprint density at radius 1 is 1.37 bits per heavy atom. The van der Waals surface area contributed by atoms with Crippen LogP contribution in [0.3, 0.4) is 0 Å². The molecule has 1 atom stereocenters. The molecule has 1 heterocycles. The summed E-state index contributed by atoms with van der Waals surface area (Å²) in [4.78, 5) is 16.8. The summed E-state index contributed by atoms with van der Waals surface area (Å²) in [5.74, 6) is 0.238. The van der Waals surface area contributed by atoms with Gasteiger partial charge in [-0.3, -0.25) is 9.69 Å². The molecule has 1 aliphatic heterocycles. The summed E-state index contributed by atoms with van der Waals surface area (Å²) in [5.41, 5.74) is 0.830. The van der Waals surface area contributed by atoms with Crippen LogP contribution in [0, 0.1) is 3.57 Å². The first-order valence-corrected chi connectivity index (χ1v) is 7.81. The maximum atomic E-state index is 12.3. The molecule has 19 heavy (non-hydrogen) atoms. The van der Waals surface area contributed by atoms with E-state index >= 15 is 0 Å². The van der Waals surface area contributed by atoms with Crippen LogP contribution in [0.4, 0.5) is 0 Å². The summed E-state index contributed by atoms with van der Waals surface area (Å²) >= 11 is 2.26. The van der Waals surface area contributed by atoms with Crippen LogP contribution < -0.4 is 0 Å². The van der Waals surface area contributed by atoms with Gasteiger partial charge in [-0.2, -0.15) is 0 Å². The van der Waals surface area contributed by atoms with Gasteiger partial charge in [-0.15, -0.1) is 0 Å². The van der Waals surface area contributed by atoms with Crippen molar-refractivity contribution in [1.82, 2.24) is 9.80 Å². The van der Waals surface area contributed by atoms with E-state index in [2.05, 4.69) is 46.5 Å². The van der Waals surface area contributed by atoms with Crippen molar-refractivity contribution in [1.29, 1.82) is 0 Å². The van der Waals surface area contributed by atoms with Crippen molar-refractivity contribution in [3.8, 4) is 0 Å². The molecule has 104 valence electrons. The number of halogens is 1. The van der Waals surface area contributed by atoms with E-state index in [4.69, 9.17) is 0 Å². The van der Waals surface area contributed by atoms with Crippen LogP contribution in [-0.2, 0) is 0 Å². The van der Waals surface area contributed by atoms with Crippen molar-refractivity contribution >= 4 is 28.4 Å². The van der Waals surface area contributed by atoms with Crippen LogP contribution in [0.25, 0.3) is 0 Å². The lowest BCUT2D eigenvalue weighted by Crippen LogP contribution is -2.40. The average Bonchev–Trinajstić information content (AvgIpc) is 2.76. The van der Waals surface area contributed by atoms with E-state index in [1.807, 2.05) is 24.3 Å². The van der Waals surface area contributed by atoms with Crippen molar-refractivity contribution in [3.05, 3.63) is 33.4 Å². The van der Waals surface area contributed by atoms with E-state index in [0.29, 0.717) is 12.6 Å². The lowest BCUT2D eigenvalue weighted by Gasteiger charge is -2.26. The van der Waals surface area contributed by atoms with Gasteiger partial charge in [0.2, 0.25) is 0 Å². The molecule has 1 fully saturated rings. The van der Waals surface area contributed by atoms with E-state index in [0.717, 1.165) is 18.7 Å². The fourth-order valence-electron chi connectivity index (χ4n) is 2.64. The van der Waals surface area contributed by atoms with Crippen molar-refractivity contribution in [3.63, 3.8) is 0 Å². The largest absolute Gasteiger partial charge is 0.308 e. The number of ketones is 1. The molecule has 0 radical (unpaired) electrons. The summed E-state index contributed by atoms with van der Waals surface area (Å²) in [6.07, 6.45) is 2.41. The normalized spacial score (nSPS) is 20.1. The first kappa shape index (κ1) is 14.9. The molecule has 0 aromatic heterocycles. The molecule has 1 aliphatic rings. The molecule has 0 bridgehead atoms. The first-order chi connectivity index (χ1) is 9.06. The fraction of sp³-hybridized carbons (Fsp3) is 0.533. The second kappa shape index (κ2) is 6.81. The zero-order chi connectivity index (χ0) is 13.8. The summed E-state index contributed by atoms with van der Waals surface area (Å²) < 4.78 is 1.17. The van der Waals surface area contributed by atoms with Gasteiger partial charge < -0.3 is 4.90 Å². The van der Waals surface area contributed by atoms with Gasteiger partial charge in [-0.1, -0.05) is 12.1 Å².